The van der Waals surface area contributed by atoms with Crippen LogP contribution in [0, 0.1) is 0 Å². The predicted octanol–water partition coefficient (Wildman–Crippen LogP) is 7.15. The molecule has 1 aromatic carbocycles. The van der Waals surface area contributed by atoms with E-state index in [-0.39, 0.29) is 0 Å². The van der Waals surface area contributed by atoms with Crippen LogP contribution in [0.25, 0.3) is 60.7 Å². The molecule has 178 valence electrons. The molecule has 0 unspecified atom stereocenters. The summed E-state index contributed by atoms with van der Waals surface area (Å²) in [7, 11) is 0. The number of pyridine rings is 2. The number of hydrogen-bond donors (Lipinski definition) is 3. The molecular formula is C28H25N7S. The van der Waals surface area contributed by atoms with Gasteiger partial charge in [-0.15, -0.1) is 11.3 Å². The van der Waals surface area contributed by atoms with E-state index in [1.54, 1.807) is 11.3 Å². The van der Waals surface area contributed by atoms with Crippen LogP contribution in [0.15, 0.2) is 67.6 Å². The molecule has 0 fully saturated rings. The van der Waals surface area contributed by atoms with Crippen LogP contribution in [0.3, 0.4) is 0 Å². The number of H-pyrrole nitrogens is 2. The van der Waals surface area contributed by atoms with E-state index < -0.39 is 0 Å². The molecule has 0 saturated carbocycles. The van der Waals surface area contributed by atoms with E-state index >= 15 is 0 Å². The Kier molecular flexibility index (Phi) is 5.38. The summed E-state index contributed by atoms with van der Waals surface area (Å²) in [5, 5.41) is 12.0. The fourth-order valence-electron chi connectivity index (χ4n) is 4.30. The molecular weight excluding hydrogens is 466 g/mol. The van der Waals surface area contributed by atoms with Crippen LogP contribution in [0.5, 0.6) is 0 Å². The average molecular weight is 492 g/mol. The van der Waals surface area contributed by atoms with Gasteiger partial charge in [0.15, 0.2) is 5.82 Å². The van der Waals surface area contributed by atoms with E-state index in [0.29, 0.717) is 11.9 Å². The van der Waals surface area contributed by atoms with Gasteiger partial charge in [0.05, 0.1) is 34.1 Å². The molecule has 0 aliphatic rings. The largest absolute Gasteiger partial charge is 0.382 e. The van der Waals surface area contributed by atoms with Crippen LogP contribution in [0.2, 0.25) is 0 Å². The van der Waals surface area contributed by atoms with Crippen molar-refractivity contribution in [2.45, 2.75) is 26.8 Å². The molecule has 6 aromatic rings. The first-order chi connectivity index (χ1) is 17.5. The van der Waals surface area contributed by atoms with E-state index in [9.17, 15) is 0 Å². The number of thiophene rings is 1. The second-order valence-corrected chi connectivity index (χ2v) is 10.3. The zero-order valence-electron chi connectivity index (χ0n) is 20.3. The van der Waals surface area contributed by atoms with Crippen molar-refractivity contribution in [3.63, 3.8) is 0 Å². The second-order valence-electron chi connectivity index (χ2n) is 9.18. The van der Waals surface area contributed by atoms with Gasteiger partial charge in [0.1, 0.15) is 5.69 Å². The molecule has 0 spiro atoms. The van der Waals surface area contributed by atoms with E-state index in [0.717, 1.165) is 60.6 Å². The van der Waals surface area contributed by atoms with Crippen molar-refractivity contribution in [3.8, 4) is 33.2 Å². The number of anilines is 1. The van der Waals surface area contributed by atoms with Gasteiger partial charge in [0.2, 0.25) is 0 Å². The van der Waals surface area contributed by atoms with Crippen molar-refractivity contribution in [2.75, 3.05) is 5.32 Å². The fraction of sp³-hybridized carbons (Fsp3) is 0.143. The lowest BCUT2D eigenvalue weighted by atomic mass is 10.1. The Hall–Kier alpha value is -4.30. The quantitative estimate of drug-likeness (QED) is 0.230. The van der Waals surface area contributed by atoms with Crippen LogP contribution >= 0.6 is 11.3 Å². The van der Waals surface area contributed by atoms with E-state index in [1.807, 2.05) is 37.6 Å². The highest BCUT2D eigenvalue weighted by Crippen LogP contribution is 2.36. The van der Waals surface area contributed by atoms with Gasteiger partial charge in [0, 0.05) is 44.7 Å². The number of imidazole rings is 1. The van der Waals surface area contributed by atoms with Crippen LogP contribution in [0.1, 0.15) is 25.6 Å². The van der Waals surface area contributed by atoms with Crippen LogP contribution < -0.4 is 5.32 Å². The summed E-state index contributed by atoms with van der Waals surface area (Å²) in [4.78, 5) is 19.8. The Morgan fingerprint density at radius 1 is 1.06 bits per heavy atom. The molecule has 0 aliphatic carbocycles. The highest BCUT2D eigenvalue weighted by molar-refractivity contribution is 7.16. The van der Waals surface area contributed by atoms with Crippen molar-refractivity contribution < 1.29 is 0 Å². The van der Waals surface area contributed by atoms with E-state index in [1.165, 1.54) is 4.88 Å². The summed E-state index contributed by atoms with van der Waals surface area (Å²) in [6, 6.07) is 14.9. The SMILES string of the molecule is C=C(C)c1ccc(-c2cccc3[nH]c(-c4n[nH]c5cnc(-c6cncc(NC(C)C)c6)cc45)nc23)s1. The van der Waals surface area contributed by atoms with E-state index in [4.69, 9.17) is 4.98 Å². The number of nitrogens with zero attached hydrogens (tertiary/aromatic N) is 4. The summed E-state index contributed by atoms with van der Waals surface area (Å²) >= 11 is 1.73. The molecule has 0 radical (unpaired) electrons. The molecule has 8 heteroatoms. The van der Waals surface area contributed by atoms with Gasteiger partial charge in [-0.3, -0.25) is 15.1 Å². The Morgan fingerprint density at radius 3 is 2.75 bits per heavy atom. The first kappa shape index (κ1) is 22.2. The third kappa shape index (κ3) is 3.95. The van der Waals surface area contributed by atoms with Gasteiger partial charge < -0.3 is 10.3 Å². The summed E-state index contributed by atoms with van der Waals surface area (Å²) < 4.78 is 0. The maximum atomic E-state index is 4.99. The predicted molar refractivity (Wildman–Crippen MR) is 149 cm³/mol. The Morgan fingerprint density at radius 2 is 1.94 bits per heavy atom. The number of aromatic nitrogens is 6. The van der Waals surface area contributed by atoms with Crippen LogP contribution in [-0.2, 0) is 0 Å². The van der Waals surface area contributed by atoms with Crippen molar-refractivity contribution in [3.05, 3.63) is 72.5 Å². The highest BCUT2D eigenvalue weighted by atomic mass is 32.1. The fourth-order valence-corrected chi connectivity index (χ4v) is 5.26. The number of para-hydroxylation sites is 1. The number of fused-ring (bicyclic) bond motifs is 2. The molecule has 5 heterocycles. The number of hydrogen-bond acceptors (Lipinski definition) is 6. The molecule has 0 amide bonds. The van der Waals surface area contributed by atoms with Gasteiger partial charge in [-0.2, -0.15) is 5.10 Å². The first-order valence-corrected chi connectivity index (χ1v) is 12.6. The van der Waals surface area contributed by atoms with Gasteiger partial charge in [-0.1, -0.05) is 18.7 Å². The first-order valence-electron chi connectivity index (χ1n) is 11.8. The molecule has 0 aliphatic heterocycles. The summed E-state index contributed by atoms with van der Waals surface area (Å²) in [6.07, 6.45) is 5.46. The summed E-state index contributed by atoms with van der Waals surface area (Å²) in [5.74, 6) is 0.714. The Balaban J connectivity index is 1.43. The monoisotopic (exact) mass is 491 g/mol. The standard InChI is InChI=1S/C28H25N7S/c1-15(2)24-8-9-25(36-24)19-6-5-7-21-26(19)33-28(32-21)27-20-11-22(30-14-23(20)34-35-27)17-10-18(13-29-12-17)31-16(3)4/h5-14,16,31H,1H2,2-4H3,(H,32,33)(H,34,35). The summed E-state index contributed by atoms with van der Waals surface area (Å²) in [5.41, 5.74) is 8.38. The zero-order valence-corrected chi connectivity index (χ0v) is 21.1. The lowest BCUT2D eigenvalue weighted by molar-refractivity contribution is 0.898. The number of benzene rings is 1. The Labute approximate surface area is 212 Å². The van der Waals surface area contributed by atoms with Crippen LogP contribution in [-0.4, -0.2) is 36.2 Å². The van der Waals surface area contributed by atoms with Gasteiger partial charge in [0.25, 0.3) is 0 Å². The van der Waals surface area contributed by atoms with Gasteiger partial charge in [-0.25, -0.2) is 4.98 Å². The number of rotatable bonds is 6. The topological polar surface area (TPSA) is 95.2 Å². The highest BCUT2D eigenvalue weighted by Gasteiger charge is 2.17. The molecule has 36 heavy (non-hydrogen) atoms. The van der Waals surface area contributed by atoms with Crippen molar-refractivity contribution >= 4 is 44.5 Å². The van der Waals surface area contributed by atoms with Crippen LogP contribution in [0.4, 0.5) is 5.69 Å². The Bertz CT molecular complexity index is 1740. The van der Waals surface area contributed by atoms with Gasteiger partial charge in [-0.05, 0) is 56.7 Å². The smallest absolute Gasteiger partial charge is 0.159 e. The van der Waals surface area contributed by atoms with Crippen molar-refractivity contribution in [1.82, 2.24) is 30.1 Å². The second kappa shape index (κ2) is 8.73. The molecule has 0 bridgehead atoms. The van der Waals surface area contributed by atoms with Crippen molar-refractivity contribution in [1.29, 1.82) is 0 Å². The number of aromatic amines is 2. The average Bonchev–Trinajstić information content (AvgIpc) is 3.60. The zero-order chi connectivity index (χ0) is 24.8. The number of nitrogens with one attached hydrogen (secondary N) is 3. The number of allylic oxidation sites excluding steroid dienone is 1. The van der Waals surface area contributed by atoms with E-state index in [2.05, 4.69) is 81.2 Å². The lowest BCUT2D eigenvalue weighted by Crippen LogP contribution is -2.09. The maximum Gasteiger partial charge on any atom is 0.159 e. The minimum absolute atomic E-state index is 0.317. The molecule has 0 saturated heterocycles. The lowest BCUT2D eigenvalue weighted by Gasteiger charge is -2.10. The van der Waals surface area contributed by atoms with Gasteiger partial charge >= 0.3 is 0 Å². The molecule has 3 N–H and O–H groups in total. The molecule has 5 aromatic heterocycles. The third-order valence-electron chi connectivity index (χ3n) is 5.97. The van der Waals surface area contributed by atoms with Crippen molar-refractivity contribution in [2.24, 2.45) is 0 Å². The molecule has 0 atom stereocenters. The molecule has 6 rings (SSSR count). The maximum absolute atomic E-state index is 4.99. The normalized spacial score (nSPS) is 11.6. The minimum atomic E-state index is 0.317. The third-order valence-corrected chi connectivity index (χ3v) is 7.25. The summed E-state index contributed by atoms with van der Waals surface area (Å²) in [6.45, 7) is 10.3. The minimum Gasteiger partial charge on any atom is -0.382 e. The molecule has 7 nitrogen and oxygen atoms in total.